The molecule has 1 aromatic carbocycles. The maximum atomic E-state index is 13.6. The van der Waals surface area contributed by atoms with Gasteiger partial charge in [-0.2, -0.15) is 0 Å². The highest BCUT2D eigenvalue weighted by atomic mass is 32.1. The minimum absolute atomic E-state index is 0.0582. The maximum absolute atomic E-state index is 13.6. The van der Waals surface area contributed by atoms with Crippen molar-refractivity contribution in [2.45, 2.75) is 39.2 Å². The lowest BCUT2D eigenvalue weighted by atomic mass is 9.99. The zero-order chi connectivity index (χ0) is 22.0. The molecule has 1 N–H and O–H groups in total. The predicted molar refractivity (Wildman–Crippen MR) is 119 cm³/mol. The Bertz CT molecular complexity index is 1120. The molecule has 7 heteroatoms. The SMILES string of the molecule is CCCCCN1C(=O)C(O)=C(C(=O)c2sc(-c3ccccc3)nc2C)C1c1ccco1. The minimum atomic E-state index is -0.742. The highest BCUT2D eigenvalue weighted by Gasteiger charge is 2.45. The summed E-state index contributed by atoms with van der Waals surface area (Å²) in [5, 5.41) is 11.4. The van der Waals surface area contributed by atoms with Gasteiger partial charge in [0, 0.05) is 12.1 Å². The van der Waals surface area contributed by atoms with Crippen molar-refractivity contribution in [1.29, 1.82) is 0 Å². The molecular weight excluding hydrogens is 412 g/mol. The van der Waals surface area contributed by atoms with Crippen molar-refractivity contribution in [3.05, 3.63) is 76.4 Å². The van der Waals surface area contributed by atoms with Gasteiger partial charge in [-0.3, -0.25) is 9.59 Å². The Morgan fingerprint density at radius 2 is 1.97 bits per heavy atom. The van der Waals surface area contributed by atoms with Gasteiger partial charge in [0.05, 0.1) is 22.4 Å². The van der Waals surface area contributed by atoms with Crippen LogP contribution < -0.4 is 0 Å². The standard InChI is InChI=1S/C24H24N2O4S/c1-3-4-8-13-26-19(17-12-9-14-30-17)18(21(28)24(26)29)20(27)22-15(2)25-23(31-22)16-10-6-5-7-11-16/h5-7,9-12,14,19,28H,3-4,8,13H2,1-2H3. The molecule has 1 atom stereocenters. The Balaban J connectivity index is 1.72. The van der Waals surface area contributed by atoms with Crippen LogP contribution in [-0.4, -0.2) is 33.2 Å². The number of Topliss-reactive ketones (excluding diaryl/α,β-unsaturated/α-hetero) is 1. The third-order valence-corrected chi connectivity index (χ3v) is 6.59. The first kappa shape index (κ1) is 21.1. The molecule has 1 aliphatic heterocycles. The van der Waals surface area contributed by atoms with Crippen molar-refractivity contribution in [3.8, 4) is 10.6 Å². The van der Waals surface area contributed by atoms with Gasteiger partial charge in [-0.1, -0.05) is 50.1 Å². The number of aliphatic hydroxyl groups excluding tert-OH is 1. The molecule has 160 valence electrons. The van der Waals surface area contributed by atoms with Crippen LogP contribution in [-0.2, 0) is 4.79 Å². The fourth-order valence-electron chi connectivity index (χ4n) is 3.82. The summed E-state index contributed by atoms with van der Waals surface area (Å²) in [4.78, 5) is 33.0. The van der Waals surface area contributed by atoms with Crippen LogP contribution in [0.5, 0.6) is 0 Å². The van der Waals surface area contributed by atoms with Crippen molar-refractivity contribution >= 4 is 23.0 Å². The molecule has 0 radical (unpaired) electrons. The number of hydrogen-bond donors (Lipinski definition) is 1. The molecule has 2 aromatic heterocycles. The number of carbonyl (C=O) groups excluding carboxylic acids is 2. The molecule has 3 aromatic rings. The second-order valence-corrected chi connectivity index (χ2v) is 8.51. The van der Waals surface area contributed by atoms with E-state index in [9.17, 15) is 14.7 Å². The van der Waals surface area contributed by atoms with E-state index in [0.717, 1.165) is 29.8 Å². The number of ketones is 1. The van der Waals surface area contributed by atoms with Gasteiger partial charge in [-0.05, 0) is 25.5 Å². The maximum Gasteiger partial charge on any atom is 0.290 e. The van der Waals surface area contributed by atoms with E-state index in [-0.39, 0.29) is 11.4 Å². The monoisotopic (exact) mass is 436 g/mol. The Hall–Kier alpha value is -3.19. The van der Waals surface area contributed by atoms with Crippen LogP contribution in [0.2, 0.25) is 0 Å². The molecule has 1 unspecified atom stereocenters. The lowest BCUT2D eigenvalue weighted by Gasteiger charge is -2.24. The number of aromatic nitrogens is 1. The van der Waals surface area contributed by atoms with Crippen LogP contribution in [0.25, 0.3) is 10.6 Å². The van der Waals surface area contributed by atoms with Crippen LogP contribution in [0.4, 0.5) is 0 Å². The van der Waals surface area contributed by atoms with Crippen LogP contribution in [0.3, 0.4) is 0 Å². The third-order valence-electron chi connectivity index (χ3n) is 5.39. The number of benzene rings is 1. The van der Waals surface area contributed by atoms with E-state index in [4.69, 9.17) is 4.42 Å². The van der Waals surface area contributed by atoms with Gasteiger partial charge in [-0.15, -0.1) is 11.3 Å². The molecule has 31 heavy (non-hydrogen) atoms. The van der Waals surface area contributed by atoms with Crippen molar-refractivity contribution in [1.82, 2.24) is 9.88 Å². The molecule has 0 saturated heterocycles. The number of aliphatic hydroxyl groups is 1. The second kappa shape index (κ2) is 8.89. The number of rotatable bonds is 8. The number of carbonyl (C=O) groups is 2. The number of nitrogens with zero attached hydrogens (tertiary/aromatic N) is 2. The quantitative estimate of drug-likeness (QED) is 0.373. The lowest BCUT2D eigenvalue weighted by Crippen LogP contribution is -2.31. The number of amides is 1. The highest BCUT2D eigenvalue weighted by Crippen LogP contribution is 2.41. The van der Waals surface area contributed by atoms with E-state index < -0.39 is 17.7 Å². The van der Waals surface area contributed by atoms with E-state index in [2.05, 4.69) is 11.9 Å². The molecule has 0 spiro atoms. The van der Waals surface area contributed by atoms with Crippen molar-refractivity contribution in [3.63, 3.8) is 0 Å². The second-order valence-electron chi connectivity index (χ2n) is 7.51. The third kappa shape index (κ3) is 3.93. The smallest absolute Gasteiger partial charge is 0.290 e. The summed E-state index contributed by atoms with van der Waals surface area (Å²) in [5.74, 6) is -0.964. The van der Waals surface area contributed by atoms with Gasteiger partial charge in [0.15, 0.2) is 5.76 Å². The van der Waals surface area contributed by atoms with Gasteiger partial charge in [0.2, 0.25) is 5.78 Å². The van der Waals surface area contributed by atoms with Crippen molar-refractivity contribution in [2.24, 2.45) is 0 Å². The van der Waals surface area contributed by atoms with Crippen molar-refractivity contribution in [2.75, 3.05) is 6.54 Å². The molecule has 1 amide bonds. The molecular formula is C24H24N2O4S. The summed E-state index contributed by atoms with van der Waals surface area (Å²) in [6, 6.07) is 12.3. The molecule has 0 aliphatic carbocycles. The summed E-state index contributed by atoms with van der Waals surface area (Å²) >= 11 is 1.27. The molecule has 0 bridgehead atoms. The minimum Gasteiger partial charge on any atom is -0.503 e. The molecule has 1 aliphatic rings. The summed E-state index contributed by atoms with van der Waals surface area (Å²) in [6.07, 6.45) is 4.24. The van der Waals surface area contributed by atoms with Crippen LogP contribution in [0, 0.1) is 6.92 Å². The van der Waals surface area contributed by atoms with Gasteiger partial charge in [-0.25, -0.2) is 4.98 Å². The summed E-state index contributed by atoms with van der Waals surface area (Å²) in [7, 11) is 0. The van der Waals surface area contributed by atoms with E-state index in [1.54, 1.807) is 19.1 Å². The zero-order valence-corrected chi connectivity index (χ0v) is 18.3. The number of aryl methyl sites for hydroxylation is 1. The Labute approximate surface area is 184 Å². The Morgan fingerprint density at radius 1 is 1.19 bits per heavy atom. The largest absolute Gasteiger partial charge is 0.503 e. The first-order valence-electron chi connectivity index (χ1n) is 10.4. The average Bonchev–Trinajstić information content (AvgIpc) is 3.49. The topological polar surface area (TPSA) is 83.6 Å². The number of thiazole rings is 1. The van der Waals surface area contributed by atoms with Gasteiger partial charge >= 0.3 is 0 Å². The van der Waals surface area contributed by atoms with E-state index in [1.165, 1.54) is 22.5 Å². The predicted octanol–water partition coefficient (Wildman–Crippen LogP) is 5.48. The molecule has 6 nitrogen and oxygen atoms in total. The highest BCUT2D eigenvalue weighted by molar-refractivity contribution is 7.17. The lowest BCUT2D eigenvalue weighted by molar-refractivity contribution is -0.129. The van der Waals surface area contributed by atoms with Crippen LogP contribution >= 0.6 is 11.3 Å². The van der Waals surface area contributed by atoms with Crippen molar-refractivity contribution < 1.29 is 19.1 Å². The summed E-state index contributed by atoms with van der Waals surface area (Å²) < 4.78 is 5.57. The Morgan fingerprint density at radius 3 is 2.65 bits per heavy atom. The van der Waals surface area contributed by atoms with Gasteiger partial charge in [0.25, 0.3) is 5.91 Å². The fourth-order valence-corrected chi connectivity index (χ4v) is 4.85. The van der Waals surface area contributed by atoms with E-state index in [1.807, 2.05) is 30.3 Å². The number of hydrogen-bond acceptors (Lipinski definition) is 6. The van der Waals surface area contributed by atoms with Gasteiger partial charge < -0.3 is 14.4 Å². The first-order chi connectivity index (χ1) is 15.0. The summed E-state index contributed by atoms with van der Waals surface area (Å²) in [5.41, 5.74) is 1.55. The van der Waals surface area contributed by atoms with Gasteiger partial charge in [0.1, 0.15) is 16.8 Å². The first-order valence-corrected chi connectivity index (χ1v) is 11.2. The molecule has 3 heterocycles. The van der Waals surface area contributed by atoms with E-state index in [0.29, 0.717) is 22.9 Å². The fraction of sp³-hybridized carbons (Fsp3) is 0.292. The summed E-state index contributed by atoms with van der Waals surface area (Å²) in [6.45, 7) is 4.29. The zero-order valence-electron chi connectivity index (χ0n) is 17.5. The Kier molecular flexibility index (Phi) is 6.04. The normalized spacial score (nSPS) is 16.4. The number of furan rings is 1. The number of unbranched alkanes of at least 4 members (excludes halogenated alkanes) is 2. The van der Waals surface area contributed by atoms with Crippen LogP contribution in [0.15, 0.2) is 64.5 Å². The molecule has 4 rings (SSSR count). The average molecular weight is 437 g/mol. The van der Waals surface area contributed by atoms with Crippen LogP contribution in [0.1, 0.15) is 53.4 Å². The molecule has 0 fully saturated rings. The molecule has 0 saturated carbocycles. The van der Waals surface area contributed by atoms with E-state index >= 15 is 0 Å².